The van der Waals surface area contributed by atoms with Crippen LogP contribution in [-0.4, -0.2) is 53.1 Å². The van der Waals surface area contributed by atoms with Gasteiger partial charge in [0.05, 0.1) is 12.5 Å². The molecule has 0 heterocycles. The number of β-amino-alcohol motifs (C(OH)–C–C–N with tert-alkyl or cyclic N) is 1. The number of aliphatic hydroxyl groups is 1. The molecule has 7 heteroatoms. The number of nitrogens with one attached hydrogen (secondary N) is 2. The molecule has 32 heavy (non-hydrogen) atoms. The van der Waals surface area contributed by atoms with Crippen LogP contribution in [0.3, 0.4) is 0 Å². The fourth-order valence-electron chi connectivity index (χ4n) is 3.52. The third-order valence-electron chi connectivity index (χ3n) is 5.08. The van der Waals surface area contributed by atoms with Crippen LogP contribution in [0.4, 0.5) is 0 Å². The molecule has 0 aliphatic rings. The zero-order valence-corrected chi connectivity index (χ0v) is 19.2. The number of benzene rings is 2. The van der Waals surface area contributed by atoms with Crippen LogP contribution in [0.5, 0.6) is 11.5 Å². The molecule has 0 aromatic heterocycles. The summed E-state index contributed by atoms with van der Waals surface area (Å²) in [6, 6.07) is 12.1. The first-order valence-corrected chi connectivity index (χ1v) is 11.1. The van der Waals surface area contributed by atoms with Crippen LogP contribution >= 0.6 is 0 Å². The SMILES string of the molecule is CCOCCCNC(=O)Cc1cccc(CC(C)(C)NCC(O)c2cc(O)cc(O)c2)c1. The number of phenols is 2. The van der Waals surface area contributed by atoms with Crippen LogP contribution in [0.2, 0.25) is 0 Å². The molecule has 2 rings (SSSR count). The molecular weight excluding hydrogens is 408 g/mol. The summed E-state index contributed by atoms with van der Waals surface area (Å²) in [6.45, 7) is 8.23. The number of hydrogen-bond donors (Lipinski definition) is 5. The Labute approximate surface area is 190 Å². The summed E-state index contributed by atoms with van der Waals surface area (Å²) in [5.74, 6) is -0.185. The van der Waals surface area contributed by atoms with E-state index in [1.165, 1.54) is 18.2 Å². The van der Waals surface area contributed by atoms with E-state index in [9.17, 15) is 20.1 Å². The van der Waals surface area contributed by atoms with Crippen molar-refractivity contribution in [2.75, 3.05) is 26.3 Å². The molecule has 0 saturated heterocycles. The molecule has 0 spiro atoms. The van der Waals surface area contributed by atoms with Gasteiger partial charge in [-0.2, -0.15) is 0 Å². The molecule has 2 aromatic carbocycles. The minimum absolute atomic E-state index is 0.00600. The fourth-order valence-corrected chi connectivity index (χ4v) is 3.52. The number of rotatable bonds is 13. The largest absolute Gasteiger partial charge is 0.508 e. The van der Waals surface area contributed by atoms with Gasteiger partial charge in [0.1, 0.15) is 11.5 Å². The highest BCUT2D eigenvalue weighted by atomic mass is 16.5. The molecule has 0 bridgehead atoms. The van der Waals surface area contributed by atoms with Gasteiger partial charge in [0, 0.05) is 37.9 Å². The van der Waals surface area contributed by atoms with Gasteiger partial charge in [-0.3, -0.25) is 4.79 Å². The highest BCUT2D eigenvalue weighted by Gasteiger charge is 2.20. The number of amides is 1. The van der Waals surface area contributed by atoms with E-state index < -0.39 is 6.10 Å². The van der Waals surface area contributed by atoms with Crippen LogP contribution in [0.25, 0.3) is 0 Å². The van der Waals surface area contributed by atoms with Crippen LogP contribution in [0.15, 0.2) is 42.5 Å². The molecule has 1 unspecified atom stereocenters. The van der Waals surface area contributed by atoms with E-state index in [1.807, 2.05) is 45.0 Å². The quantitative estimate of drug-likeness (QED) is 0.304. The summed E-state index contributed by atoms with van der Waals surface area (Å²) in [5.41, 5.74) is 2.17. The lowest BCUT2D eigenvalue weighted by Gasteiger charge is -2.28. The van der Waals surface area contributed by atoms with Gasteiger partial charge in [-0.05, 0) is 62.4 Å². The molecule has 176 valence electrons. The normalized spacial score (nSPS) is 12.5. The first-order chi connectivity index (χ1) is 15.2. The molecule has 5 N–H and O–H groups in total. The third kappa shape index (κ3) is 9.26. The minimum Gasteiger partial charge on any atom is -0.508 e. The molecule has 7 nitrogen and oxygen atoms in total. The van der Waals surface area contributed by atoms with Crippen LogP contribution in [-0.2, 0) is 22.4 Å². The Kier molecular flexibility index (Phi) is 9.97. The summed E-state index contributed by atoms with van der Waals surface area (Å²) in [7, 11) is 0. The van der Waals surface area contributed by atoms with Gasteiger partial charge < -0.3 is 30.7 Å². The third-order valence-corrected chi connectivity index (χ3v) is 5.08. The molecule has 2 aromatic rings. The van der Waals surface area contributed by atoms with Crippen molar-refractivity contribution in [3.05, 3.63) is 59.2 Å². The number of aliphatic hydroxyl groups excluding tert-OH is 1. The van der Waals surface area contributed by atoms with Gasteiger partial charge >= 0.3 is 0 Å². The smallest absolute Gasteiger partial charge is 0.224 e. The zero-order chi connectivity index (χ0) is 23.6. The van der Waals surface area contributed by atoms with E-state index in [-0.39, 0.29) is 29.5 Å². The van der Waals surface area contributed by atoms with E-state index in [1.54, 1.807) is 0 Å². The zero-order valence-electron chi connectivity index (χ0n) is 19.2. The van der Waals surface area contributed by atoms with Crippen molar-refractivity contribution in [1.82, 2.24) is 10.6 Å². The Morgan fingerprint density at radius 2 is 1.78 bits per heavy atom. The second kappa shape index (κ2) is 12.4. The molecule has 1 amide bonds. The number of phenolic OH excluding ortho intramolecular Hbond substituents is 2. The number of carbonyl (C=O) groups is 1. The number of aromatic hydroxyl groups is 2. The van der Waals surface area contributed by atoms with Crippen LogP contribution in [0.1, 0.15) is 50.0 Å². The Hall–Kier alpha value is -2.61. The summed E-state index contributed by atoms with van der Waals surface area (Å²) < 4.78 is 5.27. The van der Waals surface area contributed by atoms with E-state index in [0.717, 1.165) is 17.5 Å². The maximum atomic E-state index is 12.2. The van der Waals surface area contributed by atoms with Crippen molar-refractivity contribution >= 4 is 5.91 Å². The van der Waals surface area contributed by atoms with Crippen molar-refractivity contribution in [3.63, 3.8) is 0 Å². The maximum absolute atomic E-state index is 12.2. The lowest BCUT2D eigenvalue weighted by atomic mass is 9.93. The van der Waals surface area contributed by atoms with E-state index in [4.69, 9.17) is 4.74 Å². The summed E-state index contributed by atoms with van der Waals surface area (Å²) >= 11 is 0. The van der Waals surface area contributed by atoms with Gasteiger partial charge in [-0.15, -0.1) is 0 Å². The average Bonchev–Trinajstić information content (AvgIpc) is 2.71. The molecule has 1 atom stereocenters. The summed E-state index contributed by atoms with van der Waals surface area (Å²) in [6.07, 6.45) is 0.961. The molecular formula is C25H36N2O5. The highest BCUT2D eigenvalue weighted by Crippen LogP contribution is 2.25. The average molecular weight is 445 g/mol. The predicted molar refractivity (Wildman–Crippen MR) is 125 cm³/mol. The Bertz CT molecular complexity index is 849. The topological polar surface area (TPSA) is 111 Å². The summed E-state index contributed by atoms with van der Waals surface area (Å²) in [5, 5.41) is 35.9. The van der Waals surface area contributed by atoms with Crippen molar-refractivity contribution < 1.29 is 24.9 Å². The standard InChI is InChI=1S/C25H36N2O5/c1-4-32-10-6-9-26-24(31)12-18-7-5-8-19(11-18)16-25(2,3)27-17-23(30)20-13-21(28)15-22(29)14-20/h5,7-8,11,13-15,23,27-30H,4,6,9-10,12,16-17H2,1-3H3,(H,26,31). The van der Waals surface area contributed by atoms with E-state index >= 15 is 0 Å². The monoisotopic (exact) mass is 444 g/mol. The van der Waals surface area contributed by atoms with Crippen molar-refractivity contribution in [3.8, 4) is 11.5 Å². The lowest BCUT2D eigenvalue weighted by molar-refractivity contribution is -0.120. The van der Waals surface area contributed by atoms with Crippen LogP contribution < -0.4 is 10.6 Å². The van der Waals surface area contributed by atoms with Crippen molar-refractivity contribution in [1.29, 1.82) is 0 Å². The molecule has 0 aliphatic heterocycles. The Morgan fingerprint density at radius 3 is 2.47 bits per heavy atom. The van der Waals surface area contributed by atoms with Crippen molar-refractivity contribution in [2.45, 2.75) is 51.7 Å². The van der Waals surface area contributed by atoms with Gasteiger partial charge in [0.2, 0.25) is 5.91 Å². The number of carbonyl (C=O) groups excluding carboxylic acids is 1. The molecule has 0 fully saturated rings. The molecule has 0 aliphatic carbocycles. The minimum atomic E-state index is -0.870. The van der Waals surface area contributed by atoms with Gasteiger partial charge in [-0.1, -0.05) is 24.3 Å². The van der Waals surface area contributed by atoms with Gasteiger partial charge in [0.15, 0.2) is 0 Å². The second-order valence-electron chi connectivity index (χ2n) is 8.64. The molecule has 0 radical (unpaired) electrons. The fraction of sp³-hybridized carbons (Fsp3) is 0.480. The van der Waals surface area contributed by atoms with Gasteiger partial charge in [-0.25, -0.2) is 0 Å². The van der Waals surface area contributed by atoms with Gasteiger partial charge in [0.25, 0.3) is 0 Å². The maximum Gasteiger partial charge on any atom is 0.224 e. The summed E-state index contributed by atoms with van der Waals surface area (Å²) in [4.78, 5) is 12.2. The lowest BCUT2D eigenvalue weighted by Crippen LogP contribution is -2.43. The number of ether oxygens (including phenoxy) is 1. The van der Waals surface area contributed by atoms with E-state index in [0.29, 0.717) is 38.2 Å². The first kappa shape index (κ1) is 25.6. The van der Waals surface area contributed by atoms with Crippen LogP contribution in [0, 0.1) is 0 Å². The highest BCUT2D eigenvalue weighted by molar-refractivity contribution is 5.78. The van der Waals surface area contributed by atoms with Crippen molar-refractivity contribution in [2.24, 2.45) is 0 Å². The predicted octanol–water partition coefficient (Wildman–Crippen LogP) is 2.83. The Morgan fingerprint density at radius 1 is 1.09 bits per heavy atom. The number of hydrogen-bond acceptors (Lipinski definition) is 6. The molecule has 0 saturated carbocycles. The second-order valence-corrected chi connectivity index (χ2v) is 8.64. The first-order valence-electron chi connectivity index (χ1n) is 11.1. The van der Waals surface area contributed by atoms with E-state index in [2.05, 4.69) is 10.6 Å². The Balaban J connectivity index is 1.86.